The zero-order valence-corrected chi connectivity index (χ0v) is 7.10. The third-order valence-electron chi connectivity index (χ3n) is 2.07. The molecule has 4 nitrogen and oxygen atoms in total. The van der Waals surface area contributed by atoms with E-state index in [-0.39, 0.29) is 33.8 Å². The molecule has 4 heteroatoms. The lowest BCUT2D eigenvalue weighted by molar-refractivity contribution is 0.447. The van der Waals surface area contributed by atoms with Crippen LogP contribution in [0.5, 0.6) is 23.0 Å². The van der Waals surface area contributed by atoms with Crippen molar-refractivity contribution in [3.05, 3.63) is 24.3 Å². The number of hydrogen-bond donors (Lipinski definition) is 4. The maximum atomic E-state index is 9.42. The van der Waals surface area contributed by atoms with Gasteiger partial charge in [0, 0.05) is 0 Å². The maximum absolute atomic E-state index is 9.42. The van der Waals surface area contributed by atoms with E-state index in [4.69, 9.17) is 0 Å². The minimum absolute atomic E-state index is 0.0463. The number of fused-ring (bicyclic) bond motifs is 1. The molecule has 0 bridgehead atoms. The number of hydrogen-bond acceptors (Lipinski definition) is 4. The Morgan fingerprint density at radius 2 is 0.714 bits per heavy atom. The van der Waals surface area contributed by atoms with E-state index in [9.17, 15) is 20.4 Å². The average molecular weight is 192 g/mol. The van der Waals surface area contributed by atoms with Crippen LogP contribution in [0.15, 0.2) is 24.3 Å². The summed E-state index contributed by atoms with van der Waals surface area (Å²) in [5.41, 5.74) is 0. The molecule has 0 amide bonds. The Kier molecular flexibility index (Phi) is 1.64. The van der Waals surface area contributed by atoms with Gasteiger partial charge in [-0.3, -0.25) is 0 Å². The van der Waals surface area contributed by atoms with E-state index < -0.39 is 0 Å². The normalized spacial score (nSPS) is 10.6. The fourth-order valence-electron chi connectivity index (χ4n) is 1.42. The van der Waals surface area contributed by atoms with Crippen LogP contribution in [0, 0.1) is 0 Å². The minimum atomic E-state index is -0.189. The van der Waals surface area contributed by atoms with Gasteiger partial charge in [0.15, 0.2) is 0 Å². The van der Waals surface area contributed by atoms with E-state index in [1.54, 1.807) is 0 Å². The standard InChI is InChI=1S/C10H8O4/c11-5-1-2-6(12)10-8(14)4-3-7(13)9(5)10/h1-4,11-14H. The van der Waals surface area contributed by atoms with Crippen LogP contribution in [-0.2, 0) is 0 Å². The summed E-state index contributed by atoms with van der Waals surface area (Å²) in [6.07, 6.45) is 0. The molecule has 4 N–H and O–H groups in total. The average Bonchev–Trinajstić information content (AvgIpc) is 2.16. The third-order valence-corrected chi connectivity index (χ3v) is 2.07. The molecule has 72 valence electrons. The van der Waals surface area contributed by atoms with Gasteiger partial charge in [-0.25, -0.2) is 0 Å². The molecule has 0 aromatic heterocycles. The number of benzene rings is 2. The predicted molar refractivity (Wildman–Crippen MR) is 50.6 cm³/mol. The topological polar surface area (TPSA) is 80.9 Å². The van der Waals surface area contributed by atoms with Gasteiger partial charge in [-0.05, 0) is 24.3 Å². The highest BCUT2D eigenvalue weighted by Gasteiger charge is 2.12. The molecule has 0 saturated heterocycles. The van der Waals surface area contributed by atoms with Crippen LogP contribution >= 0.6 is 0 Å². The van der Waals surface area contributed by atoms with E-state index in [1.165, 1.54) is 24.3 Å². The zero-order valence-electron chi connectivity index (χ0n) is 7.10. The highest BCUT2D eigenvalue weighted by Crippen LogP contribution is 2.42. The number of phenolic OH excluding ortho intramolecular Hbond substituents is 4. The van der Waals surface area contributed by atoms with Crippen molar-refractivity contribution in [3.63, 3.8) is 0 Å². The van der Waals surface area contributed by atoms with Crippen molar-refractivity contribution >= 4 is 10.8 Å². The maximum Gasteiger partial charge on any atom is 0.127 e. The van der Waals surface area contributed by atoms with Crippen LogP contribution in [0.2, 0.25) is 0 Å². The molecule has 0 aliphatic carbocycles. The highest BCUT2D eigenvalue weighted by atomic mass is 16.3. The van der Waals surface area contributed by atoms with Gasteiger partial charge in [-0.1, -0.05) is 0 Å². The largest absolute Gasteiger partial charge is 0.507 e. The lowest BCUT2D eigenvalue weighted by atomic mass is 10.1. The van der Waals surface area contributed by atoms with Crippen molar-refractivity contribution in [2.75, 3.05) is 0 Å². The van der Waals surface area contributed by atoms with Gasteiger partial charge >= 0.3 is 0 Å². The second-order valence-electron chi connectivity index (χ2n) is 2.96. The Morgan fingerprint density at radius 3 is 0.929 bits per heavy atom. The zero-order chi connectivity index (χ0) is 10.3. The molecule has 0 atom stereocenters. The number of aromatic hydroxyl groups is 4. The summed E-state index contributed by atoms with van der Waals surface area (Å²) in [6, 6.07) is 4.99. The highest BCUT2D eigenvalue weighted by molar-refractivity contribution is 6.01. The minimum Gasteiger partial charge on any atom is -0.507 e. The molecule has 0 fully saturated rings. The molecule has 0 aliphatic heterocycles. The summed E-state index contributed by atoms with van der Waals surface area (Å²) in [5, 5.41) is 37.8. The Bertz CT molecular complexity index is 416. The van der Waals surface area contributed by atoms with E-state index in [0.29, 0.717) is 0 Å². The van der Waals surface area contributed by atoms with Gasteiger partial charge in [-0.2, -0.15) is 0 Å². The molecule has 0 unspecified atom stereocenters. The first-order chi connectivity index (χ1) is 6.61. The van der Waals surface area contributed by atoms with Crippen LogP contribution in [0.25, 0.3) is 10.8 Å². The first kappa shape index (κ1) is 8.50. The van der Waals surface area contributed by atoms with Gasteiger partial charge < -0.3 is 20.4 Å². The van der Waals surface area contributed by atoms with E-state index in [0.717, 1.165) is 0 Å². The van der Waals surface area contributed by atoms with Gasteiger partial charge in [0.05, 0.1) is 10.8 Å². The number of rotatable bonds is 0. The second-order valence-corrected chi connectivity index (χ2v) is 2.96. The summed E-state index contributed by atoms with van der Waals surface area (Å²) in [4.78, 5) is 0. The Balaban J connectivity index is 3.05. The molecule has 2 aromatic rings. The first-order valence-corrected chi connectivity index (χ1v) is 3.97. The Morgan fingerprint density at radius 1 is 0.500 bits per heavy atom. The molecule has 0 aliphatic rings. The van der Waals surface area contributed by atoms with Crippen molar-refractivity contribution < 1.29 is 20.4 Å². The van der Waals surface area contributed by atoms with Gasteiger partial charge in [0.25, 0.3) is 0 Å². The van der Waals surface area contributed by atoms with Crippen LogP contribution < -0.4 is 0 Å². The third kappa shape index (κ3) is 1.01. The molecule has 0 spiro atoms. The monoisotopic (exact) mass is 192 g/mol. The first-order valence-electron chi connectivity index (χ1n) is 3.97. The number of phenols is 4. The summed E-state index contributed by atoms with van der Waals surface area (Å²) in [6.45, 7) is 0. The Hall–Kier alpha value is -2.10. The van der Waals surface area contributed by atoms with Crippen LogP contribution in [-0.4, -0.2) is 20.4 Å². The van der Waals surface area contributed by atoms with Gasteiger partial charge in [0.2, 0.25) is 0 Å². The quantitative estimate of drug-likeness (QED) is 0.478. The second kappa shape index (κ2) is 2.70. The summed E-state index contributed by atoms with van der Waals surface area (Å²) >= 11 is 0. The van der Waals surface area contributed by atoms with Crippen molar-refractivity contribution in [1.82, 2.24) is 0 Å². The molecule has 2 rings (SSSR count). The van der Waals surface area contributed by atoms with Crippen LogP contribution in [0.4, 0.5) is 0 Å². The fraction of sp³-hybridized carbons (Fsp3) is 0. The van der Waals surface area contributed by atoms with Crippen LogP contribution in [0.3, 0.4) is 0 Å². The smallest absolute Gasteiger partial charge is 0.127 e. The van der Waals surface area contributed by atoms with E-state index in [1.807, 2.05) is 0 Å². The van der Waals surface area contributed by atoms with E-state index >= 15 is 0 Å². The lowest BCUT2D eigenvalue weighted by Crippen LogP contribution is -1.78. The van der Waals surface area contributed by atoms with Crippen molar-refractivity contribution in [2.24, 2.45) is 0 Å². The predicted octanol–water partition coefficient (Wildman–Crippen LogP) is 1.66. The molecular weight excluding hydrogens is 184 g/mol. The van der Waals surface area contributed by atoms with Crippen molar-refractivity contribution in [2.45, 2.75) is 0 Å². The van der Waals surface area contributed by atoms with Gasteiger partial charge in [0.1, 0.15) is 23.0 Å². The molecule has 0 heterocycles. The van der Waals surface area contributed by atoms with Crippen molar-refractivity contribution in [1.29, 1.82) is 0 Å². The molecule has 0 radical (unpaired) electrons. The summed E-state index contributed by atoms with van der Waals surface area (Å²) < 4.78 is 0. The molecule has 2 aromatic carbocycles. The molecular formula is C10H8O4. The lowest BCUT2D eigenvalue weighted by Gasteiger charge is -2.06. The Labute approximate surface area is 79.3 Å². The van der Waals surface area contributed by atoms with Crippen LogP contribution in [0.1, 0.15) is 0 Å². The summed E-state index contributed by atoms with van der Waals surface area (Å²) in [7, 11) is 0. The molecule has 0 saturated carbocycles. The fourth-order valence-corrected chi connectivity index (χ4v) is 1.42. The SMILES string of the molecule is Oc1ccc(O)c2c(O)ccc(O)c12. The van der Waals surface area contributed by atoms with E-state index in [2.05, 4.69) is 0 Å². The van der Waals surface area contributed by atoms with Crippen molar-refractivity contribution in [3.8, 4) is 23.0 Å². The van der Waals surface area contributed by atoms with Gasteiger partial charge in [-0.15, -0.1) is 0 Å². The summed E-state index contributed by atoms with van der Waals surface area (Å²) in [5.74, 6) is -0.755. The molecule has 14 heavy (non-hydrogen) atoms.